The number of hydrogen-bond donors (Lipinski definition) is 2. The third-order valence-corrected chi connectivity index (χ3v) is 4.67. The van der Waals surface area contributed by atoms with Crippen LogP contribution in [0.15, 0.2) is 40.9 Å². The quantitative estimate of drug-likeness (QED) is 0.655. The molecule has 0 amide bonds. The van der Waals surface area contributed by atoms with Crippen LogP contribution < -0.4 is 11.3 Å². The molecule has 1 atom stereocenters. The molecule has 0 heterocycles. The minimum Gasteiger partial charge on any atom is -0.271 e. The van der Waals surface area contributed by atoms with Gasteiger partial charge in [0.2, 0.25) is 0 Å². The van der Waals surface area contributed by atoms with E-state index in [4.69, 9.17) is 5.84 Å². The van der Waals surface area contributed by atoms with Gasteiger partial charge < -0.3 is 0 Å². The average Bonchev–Trinajstić information content (AvgIpc) is 2.43. The Morgan fingerprint density at radius 1 is 1.15 bits per heavy atom. The second-order valence-electron chi connectivity index (χ2n) is 5.02. The Balaban J connectivity index is 2.26. The molecule has 0 radical (unpaired) electrons. The summed E-state index contributed by atoms with van der Waals surface area (Å²) in [4.78, 5) is 0. The van der Waals surface area contributed by atoms with Crippen LogP contribution in [0.3, 0.4) is 0 Å². The zero-order valence-corrected chi connectivity index (χ0v) is 13.2. The maximum atomic E-state index is 12.9. The third kappa shape index (κ3) is 3.45. The molecule has 20 heavy (non-hydrogen) atoms. The smallest absolute Gasteiger partial charge is 0.123 e. The first-order chi connectivity index (χ1) is 9.51. The van der Waals surface area contributed by atoms with Gasteiger partial charge in [-0.25, -0.2) is 4.39 Å². The molecule has 0 aliphatic carbocycles. The van der Waals surface area contributed by atoms with Gasteiger partial charge in [-0.1, -0.05) is 40.2 Å². The van der Waals surface area contributed by atoms with Gasteiger partial charge in [0.25, 0.3) is 0 Å². The van der Waals surface area contributed by atoms with E-state index in [9.17, 15) is 4.39 Å². The molecule has 0 aliphatic heterocycles. The van der Waals surface area contributed by atoms with Crippen molar-refractivity contribution in [1.82, 2.24) is 5.43 Å². The summed E-state index contributed by atoms with van der Waals surface area (Å²) in [6.07, 6.45) is 0.720. The fourth-order valence-corrected chi connectivity index (χ4v) is 2.54. The van der Waals surface area contributed by atoms with E-state index in [1.165, 1.54) is 23.3 Å². The van der Waals surface area contributed by atoms with Gasteiger partial charge in [-0.3, -0.25) is 11.3 Å². The Hall–Kier alpha value is -1.23. The van der Waals surface area contributed by atoms with E-state index in [1.807, 2.05) is 0 Å². The van der Waals surface area contributed by atoms with Crippen LogP contribution in [0.25, 0.3) is 0 Å². The normalized spacial score (nSPS) is 12.4. The minimum atomic E-state index is -0.221. The fraction of sp³-hybridized carbons (Fsp3) is 0.250. The van der Waals surface area contributed by atoms with Gasteiger partial charge >= 0.3 is 0 Å². The SMILES string of the molecule is Cc1cc(C(Cc2ccc(F)cc2)NN)cc(C)c1Br. The number of hydrogen-bond acceptors (Lipinski definition) is 2. The molecule has 2 aromatic carbocycles. The summed E-state index contributed by atoms with van der Waals surface area (Å²) in [6.45, 7) is 4.12. The van der Waals surface area contributed by atoms with Crippen LogP contribution in [-0.4, -0.2) is 0 Å². The van der Waals surface area contributed by atoms with E-state index in [1.54, 1.807) is 12.1 Å². The molecule has 2 nitrogen and oxygen atoms in total. The van der Waals surface area contributed by atoms with Crippen LogP contribution in [0.2, 0.25) is 0 Å². The number of halogens is 2. The van der Waals surface area contributed by atoms with Crippen molar-refractivity contribution in [1.29, 1.82) is 0 Å². The Morgan fingerprint density at radius 3 is 2.20 bits per heavy atom. The lowest BCUT2D eigenvalue weighted by molar-refractivity contribution is 0.550. The van der Waals surface area contributed by atoms with Crippen molar-refractivity contribution < 1.29 is 4.39 Å². The minimum absolute atomic E-state index is 0.00552. The van der Waals surface area contributed by atoms with E-state index in [-0.39, 0.29) is 11.9 Å². The highest BCUT2D eigenvalue weighted by atomic mass is 79.9. The first kappa shape index (κ1) is 15.2. The Kier molecular flexibility index (Phi) is 4.91. The summed E-state index contributed by atoms with van der Waals surface area (Å²) in [6, 6.07) is 10.8. The van der Waals surface area contributed by atoms with Gasteiger partial charge in [-0.05, 0) is 54.7 Å². The van der Waals surface area contributed by atoms with Crippen molar-refractivity contribution in [3.8, 4) is 0 Å². The molecule has 0 saturated heterocycles. The summed E-state index contributed by atoms with van der Waals surface area (Å²) in [5.74, 6) is 5.46. The number of benzene rings is 2. The summed E-state index contributed by atoms with van der Waals surface area (Å²) < 4.78 is 14.1. The number of hydrazine groups is 1. The number of nitrogens with one attached hydrogen (secondary N) is 1. The van der Waals surface area contributed by atoms with Gasteiger partial charge in [0, 0.05) is 10.5 Å². The van der Waals surface area contributed by atoms with Gasteiger partial charge in [0.05, 0.1) is 0 Å². The lowest BCUT2D eigenvalue weighted by Gasteiger charge is -2.18. The number of aryl methyl sites for hydroxylation is 2. The maximum absolute atomic E-state index is 12.9. The third-order valence-electron chi connectivity index (χ3n) is 3.42. The molecule has 4 heteroatoms. The zero-order valence-electron chi connectivity index (χ0n) is 11.6. The predicted molar refractivity (Wildman–Crippen MR) is 83.8 cm³/mol. The van der Waals surface area contributed by atoms with Crippen LogP contribution in [0.4, 0.5) is 4.39 Å². The molecule has 0 aliphatic rings. The molecule has 2 aromatic rings. The fourth-order valence-electron chi connectivity index (χ4n) is 2.31. The first-order valence-corrected chi connectivity index (χ1v) is 7.27. The van der Waals surface area contributed by atoms with Crippen molar-refractivity contribution >= 4 is 15.9 Å². The Bertz CT molecular complexity index is 573. The van der Waals surface area contributed by atoms with Crippen LogP contribution in [0.1, 0.15) is 28.3 Å². The zero-order chi connectivity index (χ0) is 14.7. The second kappa shape index (κ2) is 6.48. The predicted octanol–water partition coefficient (Wildman–Crippen LogP) is 3.95. The van der Waals surface area contributed by atoms with Crippen molar-refractivity contribution in [2.45, 2.75) is 26.3 Å². The van der Waals surface area contributed by atoms with E-state index < -0.39 is 0 Å². The average molecular weight is 337 g/mol. The molecule has 0 saturated carbocycles. The van der Waals surface area contributed by atoms with Crippen LogP contribution in [0.5, 0.6) is 0 Å². The maximum Gasteiger partial charge on any atom is 0.123 e. The highest BCUT2D eigenvalue weighted by Gasteiger charge is 2.13. The summed E-state index contributed by atoms with van der Waals surface area (Å²) in [5.41, 5.74) is 7.39. The summed E-state index contributed by atoms with van der Waals surface area (Å²) >= 11 is 3.57. The van der Waals surface area contributed by atoms with Crippen molar-refractivity contribution in [2.75, 3.05) is 0 Å². The first-order valence-electron chi connectivity index (χ1n) is 6.48. The van der Waals surface area contributed by atoms with Gasteiger partial charge in [-0.15, -0.1) is 0 Å². The van der Waals surface area contributed by atoms with Crippen LogP contribution in [-0.2, 0) is 6.42 Å². The van der Waals surface area contributed by atoms with Gasteiger partial charge in [0.15, 0.2) is 0 Å². The monoisotopic (exact) mass is 336 g/mol. The van der Waals surface area contributed by atoms with Crippen molar-refractivity contribution in [3.63, 3.8) is 0 Å². The van der Waals surface area contributed by atoms with Crippen molar-refractivity contribution in [3.05, 3.63) is 68.9 Å². The molecule has 1 unspecified atom stereocenters. The molecule has 0 spiro atoms. The lowest BCUT2D eigenvalue weighted by Crippen LogP contribution is -2.29. The van der Waals surface area contributed by atoms with E-state index in [0.717, 1.165) is 22.0 Å². The summed E-state index contributed by atoms with van der Waals surface area (Å²) in [5, 5.41) is 0. The standard InChI is InChI=1S/C16H18BrFN2/c1-10-7-13(8-11(2)16(10)17)15(20-19)9-12-3-5-14(18)6-4-12/h3-8,15,20H,9,19H2,1-2H3. The Labute approximate surface area is 127 Å². The second-order valence-corrected chi connectivity index (χ2v) is 5.81. The number of rotatable bonds is 4. The van der Waals surface area contributed by atoms with E-state index >= 15 is 0 Å². The van der Waals surface area contributed by atoms with E-state index in [0.29, 0.717) is 0 Å². The van der Waals surface area contributed by atoms with Crippen LogP contribution >= 0.6 is 15.9 Å². The Morgan fingerprint density at radius 2 is 1.70 bits per heavy atom. The van der Waals surface area contributed by atoms with Gasteiger partial charge in [0.1, 0.15) is 5.82 Å². The number of nitrogens with two attached hydrogens (primary N) is 1. The highest BCUT2D eigenvalue weighted by Crippen LogP contribution is 2.27. The molecular formula is C16H18BrFN2. The molecule has 0 fully saturated rings. The lowest BCUT2D eigenvalue weighted by atomic mass is 9.96. The summed E-state index contributed by atoms with van der Waals surface area (Å²) in [7, 11) is 0. The largest absolute Gasteiger partial charge is 0.271 e. The molecule has 0 bridgehead atoms. The van der Waals surface area contributed by atoms with E-state index in [2.05, 4.69) is 47.3 Å². The van der Waals surface area contributed by atoms with Crippen LogP contribution in [0, 0.1) is 19.7 Å². The molecule has 0 aromatic heterocycles. The molecule has 2 rings (SSSR count). The molecule has 3 N–H and O–H groups in total. The molecule has 106 valence electrons. The van der Waals surface area contributed by atoms with Crippen molar-refractivity contribution in [2.24, 2.45) is 5.84 Å². The van der Waals surface area contributed by atoms with Gasteiger partial charge in [-0.2, -0.15) is 0 Å². The molecular weight excluding hydrogens is 319 g/mol. The highest BCUT2D eigenvalue weighted by molar-refractivity contribution is 9.10. The topological polar surface area (TPSA) is 38.0 Å².